The van der Waals surface area contributed by atoms with E-state index in [4.69, 9.17) is 4.74 Å². The van der Waals surface area contributed by atoms with Crippen molar-refractivity contribution in [2.24, 2.45) is 5.41 Å². The van der Waals surface area contributed by atoms with Gasteiger partial charge in [0.05, 0.1) is 6.61 Å². The van der Waals surface area contributed by atoms with Gasteiger partial charge in [0.15, 0.2) is 0 Å². The Kier molecular flexibility index (Phi) is 5.06. The molecule has 0 bridgehead atoms. The molecule has 1 aliphatic rings. The van der Waals surface area contributed by atoms with Gasteiger partial charge in [-0.05, 0) is 56.2 Å². The second-order valence-corrected chi connectivity index (χ2v) is 5.44. The van der Waals surface area contributed by atoms with Gasteiger partial charge >= 0.3 is 0 Å². The lowest BCUT2D eigenvalue weighted by Crippen LogP contribution is -2.25. The normalized spacial score (nSPS) is 16.5. The van der Waals surface area contributed by atoms with Crippen molar-refractivity contribution < 1.29 is 4.74 Å². The van der Waals surface area contributed by atoms with Crippen molar-refractivity contribution in [3.8, 4) is 5.75 Å². The molecule has 1 fully saturated rings. The third kappa shape index (κ3) is 4.34. The molecule has 0 heterocycles. The van der Waals surface area contributed by atoms with Crippen molar-refractivity contribution in [2.75, 3.05) is 19.7 Å². The summed E-state index contributed by atoms with van der Waals surface area (Å²) in [6.07, 6.45) is 6.50. The Balaban J connectivity index is 1.58. The highest BCUT2D eigenvalue weighted by atomic mass is 16.5. The van der Waals surface area contributed by atoms with Crippen LogP contribution in [-0.4, -0.2) is 19.7 Å². The second kappa shape index (κ2) is 6.79. The maximum absolute atomic E-state index is 5.73. The predicted molar refractivity (Wildman–Crippen MR) is 76.0 cm³/mol. The average Bonchev–Trinajstić information content (AvgIpc) is 3.17. The number of hydrogen-bond donors (Lipinski definition) is 1. The minimum absolute atomic E-state index is 0.606. The molecule has 0 saturated heterocycles. The number of nitrogens with one attached hydrogen (secondary N) is 1. The molecule has 0 aromatic heterocycles. The van der Waals surface area contributed by atoms with Gasteiger partial charge in [-0.2, -0.15) is 0 Å². The van der Waals surface area contributed by atoms with E-state index in [0.717, 1.165) is 18.9 Å². The zero-order chi connectivity index (χ0) is 12.7. The van der Waals surface area contributed by atoms with Crippen molar-refractivity contribution >= 4 is 0 Å². The van der Waals surface area contributed by atoms with E-state index in [1.165, 1.54) is 38.6 Å². The monoisotopic (exact) mass is 247 g/mol. The lowest BCUT2D eigenvalue weighted by molar-refractivity contribution is 0.284. The Bertz CT molecular complexity index is 332. The molecule has 0 radical (unpaired) electrons. The highest BCUT2D eigenvalue weighted by Gasteiger charge is 2.41. The van der Waals surface area contributed by atoms with E-state index in [1.54, 1.807) is 0 Å². The topological polar surface area (TPSA) is 21.3 Å². The van der Waals surface area contributed by atoms with Gasteiger partial charge in [-0.15, -0.1) is 0 Å². The van der Waals surface area contributed by atoms with Gasteiger partial charge in [0, 0.05) is 6.54 Å². The molecule has 1 saturated carbocycles. The molecular formula is C16H25NO. The van der Waals surface area contributed by atoms with Crippen LogP contribution in [0.3, 0.4) is 0 Å². The smallest absolute Gasteiger partial charge is 0.119 e. The fraction of sp³-hybridized carbons (Fsp3) is 0.625. The van der Waals surface area contributed by atoms with Crippen LogP contribution >= 0.6 is 0 Å². The van der Waals surface area contributed by atoms with Crippen molar-refractivity contribution in [1.82, 2.24) is 5.32 Å². The molecule has 2 rings (SSSR count). The standard InChI is InChI=1S/C16H25NO/c1-2-12-17-14-16(10-11-16)9-6-13-18-15-7-4-3-5-8-15/h3-5,7-8,17H,2,6,9-14H2,1H3. The quantitative estimate of drug-likeness (QED) is 0.673. The molecular weight excluding hydrogens is 222 g/mol. The molecule has 0 unspecified atom stereocenters. The number of benzene rings is 1. The van der Waals surface area contributed by atoms with Crippen molar-refractivity contribution in [3.05, 3.63) is 30.3 Å². The summed E-state index contributed by atoms with van der Waals surface area (Å²) >= 11 is 0. The van der Waals surface area contributed by atoms with Gasteiger partial charge in [0.1, 0.15) is 5.75 Å². The number of rotatable bonds is 9. The van der Waals surface area contributed by atoms with Gasteiger partial charge in [-0.1, -0.05) is 25.1 Å². The van der Waals surface area contributed by atoms with Crippen LogP contribution in [0.2, 0.25) is 0 Å². The van der Waals surface area contributed by atoms with Gasteiger partial charge in [0.25, 0.3) is 0 Å². The Morgan fingerprint density at radius 2 is 2.00 bits per heavy atom. The molecule has 100 valence electrons. The summed E-state index contributed by atoms with van der Waals surface area (Å²) in [5, 5.41) is 3.56. The van der Waals surface area contributed by atoms with Gasteiger partial charge in [0.2, 0.25) is 0 Å². The summed E-state index contributed by atoms with van der Waals surface area (Å²) in [6, 6.07) is 10.1. The molecule has 1 N–H and O–H groups in total. The van der Waals surface area contributed by atoms with Crippen LogP contribution in [0.25, 0.3) is 0 Å². The van der Waals surface area contributed by atoms with E-state index in [-0.39, 0.29) is 0 Å². The summed E-state index contributed by atoms with van der Waals surface area (Å²) in [5.74, 6) is 0.992. The lowest BCUT2D eigenvalue weighted by Gasteiger charge is -2.15. The molecule has 0 atom stereocenters. The minimum Gasteiger partial charge on any atom is -0.494 e. The van der Waals surface area contributed by atoms with Crippen molar-refractivity contribution in [2.45, 2.75) is 39.0 Å². The largest absolute Gasteiger partial charge is 0.494 e. The summed E-state index contributed by atoms with van der Waals surface area (Å²) in [4.78, 5) is 0. The summed E-state index contributed by atoms with van der Waals surface area (Å²) < 4.78 is 5.73. The molecule has 1 aromatic rings. The maximum Gasteiger partial charge on any atom is 0.119 e. The van der Waals surface area contributed by atoms with Crippen molar-refractivity contribution in [3.63, 3.8) is 0 Å². The van der Waals surface area contributed by atoms with Crippen LogP contribution in [0.1, 0.15) is 39.0 Å². The maximum atomic E-state index is 5.73. The van der Waals surface area contributed by atoms with Gasteiger partial charge < -0.3 is 10.1 Å². The van der Waals surface area contributed by atoms with Gasteiger partial charge in [-0.25, -0.2) is 0 Å². The van der Waals surface area contributed by atoms with Crippen molar-refractivity contribution in [1.29, 1.82) is 0 Å². The van der Waals surface area contributed by atoms with Crippen LogP contribution in [0.15, 0.2) is 30.3 Å². The number of para-hydroxylation sites is 1. The van der Waals surface area contributed by atoms with Crippen LogP contribution in [0.5, 0.6) is 5.75 Å². The summed E-state index contributed by atoms with van der Waals surface area (Å²) in [5.41, 5.74) is 0.606. The fourth-order valence-corrected chi connectivity index (χ4v) is 2.38. The van der Waals surface area contributed by atoms with Crippen LogP contribution in [0, 0.1) is 5.41 Å². The number of ether oxygens (including phenoxy) is 1. The molecule has 1 aromatic carbocycles. The Labute approximate surface area is 111 Å². The molecule has 0 spiro atoms. The summed E-state index contributed by atoms with van der Waals surface area (Å²) in [7, 11) is 0. The average molecular weight is 247 g/mol. The van der Waals surface area contributed by atoms with E-state index in [1.807, 2.05) is 30.3 Å². The van der Waals surface area contributed by atoms with E-state index in [2.05, 4.69) is 12.2 Å². The molecule has 1 aliphatic carbocycles. The third-order valence-electron chi connectivity index (χ3n) is 3.75. The molecule has 18 heavy (non-hydrogen) atoms. The highest BCUT2D eigenvalue weighted by molar-refractivity contribution is 5.20. The third-order valence-corrected chi connectivity index (χ3v) is 3.75. The second-order valence-electron chi connectivity index (χ2n) is 5.44. The minimum atomic E-state index is 0.606. The highest BCUT2D eigenvalue weighted by Crippen LogP contribution is 2.48. The zero-order valence-electron chi connectivity index (χ0n) is 11.5. The first-order chi connectivity index (χ1) is 8.85. The van der Waals surface area contributed by atoms with Gasteiger partial charge in [-0.3, -0.25) is 0 Å². The Hall–Kier alpha value is -1.02. The first kappa shape index (κ1) is 13.4. The first-order valence-corrected chi connectivity index (χ1v) is 7.23. The van der Waals surface area contributed by atoms with Crippen LogP contribution in [0.4, 0.5) is 0 Å². The fourth-order valence-electron chi connectivity index (χ4n) is 2.38. The van der Waals surface area contributed by atoms with E-state index >= 15 is 0 Å². The summed E-state index contributed by atoms with van der Waals surface area (Å²) in [6.45, 7) is 5.42. The number of hydrogen-bond acceptors (Lipinski definition) is 2. The Morgan fingerprint density at radius 1 is 1.22 bits per heavy atom. The Morgan fingerprint density at radius 3 is 2.67 bits per heavy atom. The zero-order valence-corrected chi connectivity index (χ0v) is 11.5. The predicted octanol–water partition coefficient (Wildman–Crippen LogP) is 3.63. The molecule has 0 amide bonds. The van der Waals surface area contributed by atoms with E-state index < -0.39 is 0 Å². The lowest BCUT2D eigenvalue weighted by atomic mass is 10.0. The van der Waals surface area contributed by atoms with E-state index in [9.17, 15) is 0 Å². The molecule has 2 heteroatoms. The van der Waals surface area contributed by atoms with Crippen LogP contribution in [-0.2, 0) is 0 Å². The van der Waals surface area contributed by atoms with E-state index in [0.29, 0.717) is 5.41 Å². The first-order valence-electron chi connectivity index (χ1n) is 7.23. The molecule has 2 nitrogen and oxygen atoms in total. The van der Waals surface area contributed by atoms with Crippen LogP contribution < -0.4 is 10.1 Å². The molecule has 0 aliphatic heterocycles. The SMILES string of the molecule is CCCNCC1(CCCOc2ccccc2)CC1.